The molecule has 1 aliphatic heterocycles. The van der Waals surface area contributed by atoms with E-state index in [4.69, 9.17) is 0 Å². The quantitative estimate of drug-likeness (QED) is 0.598. The van der Waals surface area contributed by atoms with E-state index in [2.05, 4.69) is 36.1 Å². The van der Waals surface area contributed by atoms with Gasteiger partial charge in [0.15, 0.2) is 0 Å². The van der Waals surface area contributed by atoms with E-state index in [9.17, 15) is 9.18 Å². The largest absolute Gasteiger partial charge is 0.355 e. The molecule has 0 saturated carbocycles. The molecule has 5 nitrogen and oxygen atoms in total. The number of anilines is 1. The van der Waals surface area contributed by atoms with Crippen LogP contribution in [0.5, 0.6) is 0 Å². The van der Waals surface area contributed by atoms with Gasteiger partial charge in [0, 0.05) is 35.5 Å². The van der Waals surface area contributed by atoms with Crippen LogP contribution in [0.1, 0.15) is 30.0 Å². The third kappa shape index (κ3) is 4.67. The summed E-state index contributed by atoms with van der Waals surface area (Å²) in [6.45, 7) is 1.40. The summed E-state index contributed by atoms with van der Waals surface area (Å²) >= 11 is 3.30. The van der Waals surface area contributed by atoms with Gasteiger partial charge in [-0.1, -0.05) is 52.3 Å². The van der Waals surface area contributed by atoms with E-state index < -0.39 is 6.04 Å². The van der Waals surface area contributed by atoms with Crippen LogP contribution in [0.15, 0.2) is 71.6 Å². The van der Waals surface area contributed by atoms with Gasteiger partial charge < -0.3 is 10.2 Å². The number of aromatic nitrogens is 2. The Labute approximate surface area is 183 Å². The Balaban J connectivity index is 1.56. The molecule has 0 radical (unpaired) electrons. The van der Waals surface area contributed by atoms with Crippen molar-refractivity contribution in [2.45, 2.75) is 18.9 Å². The SMILES string of the molecule is O=C(NC(c1ccccc1)c1ccc(Br)cc1F)C1CCCN(c2cnccn2)C1. The molecule has 7 heteroatoms. The molecular formula is C23H22BrFN4O. The first-order valence-corrected chi connectivity index (χ1v) is 10.7. The average Bonchev–Trinajstić information content (AvgIpc) is 2.79. The van der Waals surface area contributed by atoms with Crippen LogP contribution in [0.2, 0.25) is 0 Å². The fourth-order valence-corrected chi connectivity index (χ4v) is 4.17. The number of halogens is 2. The van der Waals surface area contributed by atoms with Gasteiger partial charge in [-0.2, -0.15) is 0 Å². The van der Waals surface area contributed by atoms with E-state index in [1.54, 1.807) is 30.7 Å². The van der Waals surface area contributed by atoms with Crippen molar-refractivity contribution in [2.75, 3.05) is 18.0 Å². The summed E-state index contributed by atoms with van der Waals surface area (Å²) in [5, 5.41) is 3.09. The van der Waals surface area contributed by atoms with Gasteiger partial charge in [0.1, 0.15) is 11.6 Å². The lowest BCUT2D eigenvalue weighted by Crippen LogP contribution is -2.44. The zero-order valence-corrected chi connectivity index (χ0v) is 17.9. The van der Waals surface area contributed by atoms with Crippen molar-refractivity contribution in [1.82, 2.24) is 15.3 Å². The third-order valence-electron chi connectivity index (χ3n) is 5.36. The number of hydrogen-bond acceptors (Lipinski definition) is 4. The molecule has 0 bridgehead atoms. The number of amides is 1. The molecular weight excluding hydrogens is 447 g/mol. The van der Waals surface area contributed by atoms with E-state index in [-0.39, 0.29) is 17.6 Å². The van der Waals surface area contributed by atoms with E-state index in [0.29, 0.717) is 16.6 Å². The molecule has 0 spiro atoms. The van der Waals surface area contributed by atoms with Crippen molar-refractivity contribution in [3.05, 3.63) is 88.5 Å². The summed E-state index contributed by atoms with van der Waals surface area (Å²) in [5.74, 6) is 0.127. The molecule has 4 rings (SSSR count). The fourth-order valence-electron chi connectivity index (χ4n) is 3.84. The Bertz CT molecular complexity index is 1000. The van der Waals surface area contributed by atoms with Gasteiger partial charge >= 0.3 is 0 Å². The van der Waals surface area contributed by atoms with Crippen molar-refractivity contribution in [3.8, 4) is 0 Å². The Kier molecular flexibility index (Phi) is 6.38. The van der Waals surface area contributed by atoms with Crippen molar-refractivity contribution < 1.29 is 9.18 Å². The van der Waals surface area contributed by atoms with E-state index in [0.717, 1.165) is 30.8 Å². The molecule has 1 aliphatic rings. The van der Waals surface area contributed by atoms with Crippen LogP contribution < -0.4 is 10.2 Å². The molecule has 1 saturated heterocycles. The third-order valence-corrected chi connectivity index (χ3v) is 5.85. The molecule has 1 fully saturated rings. The van der Waals surface area contributed by atoms with Crippen LogP contribution in [0.4, 0.5) is 10.2 Å². The standard InChI is InChI=1S/C23H22BrFN4O/c24-18-8-9-19(20(25)13-18)22(16-5-2-1-3-6-16)28-23(30)17-7-4-12-29(15-17)21-14-26-10-11-27-21/h1-3,5-6,8-11,13-14,17,22H,4,7,12,15H2,(H,28,30). The van der Waals surface area contributed by atoms with Crippen molar-refractivity contribution in [3.63, 3.8) is 0 Å². The Morgan fingerprint density at radius 3 is 2.77 bits per heavy atom. The summed E-state index contributed by atoms with van der Waals surface area (Å²) in [7, 11) is 0. The highest BCUT2D eigenvalue weighted by Crippen LogP contribution is 2.28. The van der Waals surface area contributed by atoms with Crippen LogP contribution >= 0.6 is 15.9 Å². The monoisotopic (exact) mass is 468 g/mol. The Morgan fingerprint density at radius 1 is 1.20 bits per heavy atom. The fraction of sp³-hybridized carbons (Fsp3) is 0.261. The summed E-state index contributed by atoms with van der Waals surface area (Å²) < 4.78 is 15.4. The zero-order valence-electron chi connectivity index (χ0n) is 16.3. The highest BCUT2D eigenvalue weighted by atomic mass is 79.9. The number of carbonyl (C=O) groups is 1. The van der Waals surface area contributed by atoms with Crippen LogP contribution in [0.3, 0.4) is 0 Å². The van der Waals surface area contributed by atoms with E-state index >= 15 is 0 Å². The summed E-state index contributed by atoms with van der Waals surface area (Å²) in [6.07, 6.45) is 6.67. The van der Waals surface area contributed by atoms with Crippen molar-refractivity contribution >= 4 is 27.7 Å². The highest BCUT2D eigenvalue weighted by Gasteiger charge is 2.29. The molecule has 154 valence electrons. The van der Waals surface area contributed by atoms with Crippen LogP contribution in [0.25, 0.3) is 0 Å². The first kappa shape index (κ1) is 20.5. The first-order chi connectivity index (χ1) is 14.6. The zero-order chi connectivity index (χ0) is 20.9. The predicted molar refractivity (Wildman–Crippen MR) is 117 cm³/mol. The van der Waals surface area contributed by atoms with Gasteiger partial charge in [0.2, 0.25) is 5.91 Å². The normalized spacial score (nSPS) is 17.4. The highest BCUT2D eigenvalue weighted by molar-refractivity contribution is 9.10. The number of hydrogen-bond donors (Lipinski definition) is 1. The molecule has 3 aromatic rings. The second-order valence-electron chi connectivity index (χ2n) is 7.37. The molecule has 1 N–H and O–H groups in total. The van der Waals surface area contributed by atoms with Crippen molar-refractivity contribution in [2.24, 2.45) is 5.92 Å². The lowest BCUT2D eigenvalue weighted by molar-refractivity contribution is -0.125. The van der Waals surface area contributed by atoms with Crippen LogP contribution in [0, 0.1) is 11.7 Å². The molecule has 30 heavy (non-hydrogen) atoms. The number of benzene rings is 2. The lowest BCUT2D eigenvalue weighted by Gasteiger charge is -2.33. The number of rotatable bonds is 5. The molecule has 2 atom stereocenters. The molecule has 1 amide bonds. The van der Waals surface area contributed by atoms with Gasteiger partial charge in [0.25, 0.3) is 0 Å². The van der Waals surface area contributed by atoms with Crippen molar-refractivity contribution in [1.29, 1.82) is 0 Å². The second kappa shape index (κ2) is 9.34. The minimum atomic E-state index is -0.557. The van der Waals surface area contributed by atoms with Gasteiger partial charge in [-0.05, 0) is 30.5 Å². The number of piperidine rings is 1. The Morgan fingerprint density at radius 2 is 2.03 bits per heavy atom. The van der Waals surface area contributed by atoms with Crippen LogP contribution in [-0.2, 0) is 4.79 Å². The minimum Gasteiger partial charge on any atom is -0.355 e. The number of nitrogens with zero attached hydrogens (tertiary/aromatic N) is 3. The summed E-state index contributed by atoms with van der Waals surface area (Å²) in [5.41, 5.74) is 1.29. The van der Waals surface area contributed by atoms with Gasteiger partial charge in [-0.25, -0.2) is 9.37 Å². The second-order valence-corrected chi connectivity index (χ2v) is 8.28. The number of carbonyl (C=O) groups excluding carboxylic acids is 1. The smallest absolute Gasteiger partial charge is 0.225 e. The van der Waals surface area contributed by atoms with E-state index in [1.165, 1.54) is 6.07 Å². The minimum absolute atomic E-state index is 0.0836. The average molecular weight is 469 g/mol. The molecule has 2 heterocycles. The van der Waals surface area contributed by atoms with Gasteiger partial charge in [0.05, 0.1) is 18.2 Å². The van der Waals surface area contributed by atoms with Gasteiger partial charge in [-0.15, -0.1) is 0 Å². The van der Waals surface area contributed by atoms with Crippen LogP contribution in [-0.4, -0.2) is 29.0 Å². The first-order valence-electron chi connectivity index (χ1n) is 9.93. The Hall–Kier alpha value is -2.80. The van der Waals surface area contributed by atoms with Gasteiger partial charge in [-0.3, -0.25) is 9.78 Å². The molecule has 0 aliphatic carbocycles. The molecule has 2 aromatic carbocycles. The van der Waals surface area contributed by atoms with E-state index in [1.807, 2.05) is 30.3 Å². The maximum Gasteiger partial charge on any atom is 0.225 e. The molecule has 1 aromatic heterocycles. The maximum atomic E-state index is 14.8. The molecule has 2 unspecified atom stereocenters. The lowest BCUT2D eigenvalue weighted by atomic mass is 9.94. The summed E-state index contributed by atoms with van der Waals surface area (Å²) in [6, 6.07) is 13.9. The maximum absolute atomic E-state index is 14.8. The summed E-state index contributed by atoms with van der Waals surface area (Å²) in [4.78, 5) is 23.8. The topological polar surface area (TPSA) is 58.1 Å². The number of nitrogens with one attached hydrogen (secondary N) is 1. The predicted octanol–water partition coefficient (Wildman–Crippen LogP) is 4.50.